The summed E-state index contributed by atoms with van der Waals surface area (Å²) in [5, 5.41) is 0. The summed E-state index contributed by atoms with van der Waals surface area (Å²) >= 11 is 0. The fourth-order valence-electron chi connectivity index (χ4n) is 1.38. The third-order valence-electron chi connectivity index (χ3n) is 2.17. The minimum atomic E-state index is -4.26. The monoisotopic (exact) mass is 217 g/mol. The summed E-state index contributed by atoms with van der Waals surface area (Å²) in [7, 11) is 1.79. The zero-order valence-electron chi connectivity index (χ0n) is 8.80. The van der Waals surface area contributed by atoms with Crippen LogP contribution in [-0.2, 0) is 6.18 Å². The molecule has 0 fully saturated rings. The van der Waals surface area contributed by atoms with Gasteiger partial charge in [0.15, 0.2) is 0 Å². The molecule has 0 aliphatic rings. The summed E-state index contributed by atoms with van der Waals surface area (Å²) < 4.78 is 37.2. The first-order chi connectivity index (χ1) is 6.95. The van der Waals surface area contributed by atoms with Gasteiger partial charge in [-0.15, -0.1) is 0 Å². The number of hydrogen-bond donors (Lipinski definition) is 0. The van der Waals surface area contributed by atoms with E-state index in [0.29, 0.717) is 5.69 Å². The lowest BCUT2D eigenvalue weighted by atomic mass is 10.2. The van der Waals surface area contributed by atoms with Crippen LogP contribution < -0.4 is 4.90 Å². The van der Waals surface area contributed by atoms with Crippen LogP contribution >= 0.6 is 0 Å². The van der Waals surface area contributed by atoms with E-state index >= 15 is 0 Å². The van der Waals surface area contributed by atoms with Crippen molar-refractivity contribution in [2.75, 3.05) is 18.5 Å². The van der Waals surface area contributed by atoms with Crippen molar-refractivity contribution in [2.45, 2.75) is 19.5 Å². The maximum absolute atomic E-state index is 12.4. The van der Waals surface area contributed by atoms with Crippen LogP contribution in [0.25, 0.3) is 0 Å². The van der Waals surface area contributed by atoms with Crippen LogP contribution in [0.15, 0.2) is 24.3 Å². The average molecular weight is 217 g/mol. The number of alkyl halides is 3. The zero-order valence-corrected chi connectivity index (χ0v) is 8.80. The van der Waals surface area contributed by atoms with Crippen LogP contribution in [0, 0.1) is 0 Å². The van der Waals surface area contributed by atoms with Crippen LogP contribution in [0.4, 0.5) is 18.9 Å². The molecule has 0 unspecified atom stereocenters. The molecule has 0 heterocycles. The molecule has 4 heteroatoms. The van der Waals surface area contributed by atoms with Gasteiger partial charge in [-0.3, -0.25) is 0 Å². The summed E-state index contributed by atoms with van der Waals surface area (Å²) in [6, 6.07) is 5.38. The number of anilines is 1. The Hall–Kier alpha value is -1.19. The van der Waals surface area contributed by atoms with Gasteiger partial charge in [0.05, 0.1) is 5.56 Å². The highest BCUT2D eigenvalue weighted by Gasteiger charge is 2.30. The Morgan fingerprint density at radius 2 is 1.93 bits per heavy atom. The lowest BCUT2D eigenvalue weighted by Gasteiger charge is -2.19. The standard InChI is InChI=1S/C11H14F3N/c1-3-7-15(2)10-6-4-5-9(8-10)11(12,13)14/h4-6,8H,3,7H2,1-2H3. The fraction of sp³-hybridized carbons (Fsp3) is 0.455. The van der Waals surface area contributed by atoms with Gasteiger partial charge >= 0.3 is 6.18 Å². The first-order valence-corrected chi connectivity index (χ1v) is 4.83. The summed E-state index contributed by atoms with van der Waals surface area (Å²) in [6.07, 6.45) is -3.35. The molecule has 0 aliphatic carbocycles. The Balaban J connectivity index is 2.92. The Labute approximate surface area is 87.5 Å². The Morgan fingerprint density at radius 3 is 2.47 bits per heavy atom. The summed E-state index contributed by atoms with van der Waals surface area (Å²) in [5.41, 5.74) is 0.00891. The van der Waals surface area contributed by atoms with Crippen molar-refractivity contribution in [3.63, 3.8) is 0 Å². The van der Waals surface area contributed by atoms with E-state index in [1.807, 2.05) is 11.8 Å². The summed E-state index contributed by atoms with van der Waals surface area (Å²) in [6.45, 7) is 2.74. The topological polar surface area (TPSA) is 3.24 Å². The minimum Gasteiger partial charge on any atom is -0.375 e. The van der Waals surface area contributed by atoms with Gasteiger partial charge in [-0.25, -0.2) is 0 Å². The van der Waals surface area contributed by atoms with Gasteiger partial charge in [-0.1, -0.05) is 13.0 Å². The number of nitrogens with zero attached hydrogens (tertiary/aromatic N) is 1. The molecule has 0 saturated heterocycles. The second kappa shape index (κ2) is 4.55. The minimum absolute atomic E-state index is 0.594. The van der Waals surface area contributed by atoms with Crippen LogP contribution in [-0.4, -0.2) is 13.6 Å². The van der Waals surface area contributed by atoms with E-state index < -0.39 is 11.7 Å². The normalized spacial score (nSPS) is 11.5. The van der Waals surface area contributed by atoms with Gasteiger partial charge in [0.1, 0.15) is 0 Å². The van der Waals surface area contributed by atoms with Crippen LogP contribution in [0.5, 0.6) is 0 Å². The second-order valence-electron chi connectivity index (χ2n) is 3.47. The number of halogens is 3. The lowest BCUT2D eigenvalue weighted by molar-refractivity contribution is -0.137. The quantitative estimate of drug-likeness (QED) is 0.748. The van der Waals surface area contributed by atoms with E-state index in [1.165, 1.54) is 12.1 Å². The van der Waals surface area contributed by atoms with E-state index in [-0.39, 0.29) is 0 Å². The van der Waals surface area contributed by atoms with Gasteiger partial charge in [-0.2, -0.15) is 13.2 Å². The van der Waals surface area contributed by atoms with Crippen LogP contribution in [0.3, 0.4) is 0 Å². The highest BCUT2D eigenvalue weighted by atomic mass is 19.4. The van der Waals surface area contributed by atoms with E-state index in [4.69, 9.17) is 0 Å². The Kier molecular flexibility index (Phi) is 3.61. The van der Waals surface area contributed by atoms with Gasteiger partial charge < -0.3 is 4.90 Å². The molecule has 0 aromatic heterocycles. The smallest absolute Gasteiger partial charge is 0.375 e. The molecule has 1 rings (SSSR count). The average Bonchev–Trinajstić information content (AvgIpc) is 2.17. The fourth-order valence-corrected chi connectivity index (χ4v) is 1.38. The molecule has 84 valence electrons. The SMILES string of the molecule is CCCN(C)c1cccc(C(F)(F)F)c1. The highest BCUT2D eigenvalue weighted by Crippen LogP contribution is 2.31. The molecule has 0 bridgehead atoms. The molecule has 0 spiro atoms. The molecule has 1 aromatic carbocycles. The third kappa shape index (κ3) is 3.15. The van der Waals surface area contributed by atoms with Crippen molar-refractivity contribution in [2.24, 2.45) is 0 Å². The molecule has 15 heavy (non-hydrogen) atoms. The Bertz CT molecular complexity index is 320. The number of rotatable bonds is 3. The molecule has 0 aliphatic heterocycles. The van der Waals surface area contributed by atoms with Gasteiger partial charge in [-0.05, 0) is 24.6 Å². The van der Waals surface area contributed by atoms with Crippen molar-refractivity contribution in [1.82, 2.24) is 0 Å². The molecule has 1 nitrogen and oxygen atoms in total. The molecule has 1 aromatic rings. The van der Waals surface area contributed by atoms with Crippen molar-refractivity contribution in [3.8, 4) is 0 Å². The Morgan fingerprint density at radius 1 is 1.27 bits per heavy atom. The van der Waals surface area contributed by atoms with Crippen molar-refractivity contribution in [3.05, 3.63) is 29.8 Å². The van der Waals surface area contributed by atoms with Crippen molar-refractivity contribution in [1.29, 1.82) is 0 Å². The third-order valence-corrected chi connectivity index (χ3v) is 2.17. The van der Waals surface area contributed by atoms with Crippen LogP contribution in [0.2, 0.25) is 0 Å². The van der Waals surface area contributed by atoms with Crippen molar-refractivity contribution >= 4 is 5.69 Å². The van der Waals surface area contributed by atoms with Gasteiger partial charge in [0, 0.05) is 19.3 Å². The predicted molar refractivity (Wildman–Crippen MR) is 55.0 cm³/mol. The maximum Gasteiger partial charge on any atom is 0.416 e. The summed E-state index contributed by atoms with van der Waals surface area (Å²) in [5.74, 6) is 0. The largest absolute Gasteiger partial charge is 0.416 e. The number of benzene rings is 1. The predicted octanol–water partition coefficient (Wildman–Crippen LogP) is 3.55. The molecule has 0 amide bonds. The first-order valence-electron chi connectivity index (χ1n) is 4.83. The zero-order chi connectivity index (χ0) is 11.5. The second-order valence-corrected chi connectivity index (χ2v) is 3.47. The molecular weight excluding hydrogens is 203 g/mol. The van der Waals surface area contributed by atoms with E-state index in [0.717, 1.165) is 19.0 Å². The van der Waals surface area contributed by atoms with Crippen molar-refractivity contribution < 1.29 is 13.2 Å². The van der Waals surface area contributed by atoms with E-state index in [2.05, 4.69) is 0 Å². The molecule has 0 radical (unpaired) electrons. The van der Waals surface area contributed by atoms with Crippen LogP contribution in [0.1, 0.15) is 18.9 Å². The lowest BCUT2D eigenvalue weighted by Crippen LogP contribution is -2.18. The molecular formula is C11H14F3N. The van der Waals surface area contributed by atoms with E-state index in [1.54, 1.807) is 13.1 Å². The van der Waals surface area contributed by atoms with Gasteiger partial charge in [0.2, 0.25) is 0 Å². The van der Waals surface area contributed by atoms with Gasteiger partial charge in [0.25, 0.3) is 0 Å². The van der Waals surface area contributed by atoms with E-state index in [9.17, 15) is 13.2 Å². The maximum atomic E-state index is 12.4. The molecule has 0 atom stereocenters. The first kappa shape index (κ1) is 11.9. The molecule has 0 N–H and O–H groups in total. The molecule has 0 saturated carbocycles. The summed E-state index contributed by atoms with van der Waals surface area (Å²) in [4.78, 5) is 1.81. The highest BCUT2D eigenvalue weighted by molar-refractivity contribution is 5.48. The number of hydrogen-bond acceptors (Lipinski definition) is 1.